The van der Waals surface area contributed by atoms with Crippen molar-refractivity contribution in [3.05, 3.63) is 64.9 Å². The average molecular weight is 304 g/mol. The van der Waals surface area contributed by atoms with Gasteiger partial charge in [0.05, 0.1) is 5.69 Å². The lowest BCUT2D eigenvalue weighted by atomic mass is 9.96. The number of aromatic nitrogens is 1. The van der Waals surface area contributed by atoms with E-state index in [0.717, 1.165) is 23.7 Å². The highest BCUT2D eigenvalue weighted by Gasteiger charge is 2.23. The Morgan fingerprint density at radius 3 is 2.48 bits per heavy atom. The van der Waals surface area contributed by atoms with Crippen molar-refractivity contribution >= 4 is 11.6 Å². The monoisotopic (exact) mass is 303 g/mol. The normalized spacial score (nSPS) is 14.1. The summed E-state index contributed by atoms with van der Waals surface area (Å²) in [7, 11) is 2.09. The summed E-state index contributed by atoms with van der Waals surface area (Å²) in [5.41, 5.74) is 8.58. The van der Waals surface area contributed by atoms with E-state index in [4.69, 9.17) is 17.3 Å². The molecule has 0 spiro atoms. The zero-order valence-electron chi connectivity index (χ0n) is 12.5. The number of hydrogen-bond acceptors (Lipinski definition) is 3. The number of hydrogen-bond donors (Lipinski definition) is 1. The summed E-state index contributed by atoms with van der Waals surface area (Å²) < 4.78 is 0. The van der Waals surface area contributed by atoms with Crippen molar-refractivity contribution in [2.75, 3.05) is 7.05 Å². The Bertz CT molecular complexity index is 542. The molecule has 2 rings (SSSR count). The Hall–Kier alpha value is -1.42. The predicted octanol–water partition coefficient (Wildman–Crippen LogP) is 3.65. The van der Waals surface area contributed by atoms with Gasteiger partial charge < -0.3 is 5.73 Å². The molecule has 1 aromatic carbocycles. The van der Waals surface area contributed by atoms with Crippen molar-refractivity contribution in [2.45, 2.75) is 32.0 Å². The fraction of sp³-hybridized carbons (Fsp3) is 0.353. The number of nitrogens with zero attached hydrogens (tertiary/aromatic N) is 2. The van der Waals surface area contributed by atoms with Crippen LogP contribution in [0.5, 0.6) is 0 Å². The average Bonchev–Trinajstić information content (AvgIpc) is 2.50. The van der Waals surface area contributed by atoms with Crippen LogP contribution in [-0.2, 0) is 6.54 Å². The maximum Gasteiger partial charge on any atom is 0.0544 e. The molecule has 0 aliphatic rings. The van der Waals surface area contributed by atoms with Crippen molar-refractivity contribution < 1.29 is 0 Å². The summed E-state index contributed by atoms with van der Waals surface area (Å²) in [6, 6.07) is 14.1. The molecule has 21 heavy (non-hydrogen) atoms. The summed E-state index contributed by atoms with van der Waals surface area (Å²) in [5, 5.41) is 0.745. The first-order valence-electron chi connectivity index (χ1n) is 7.23. The Morgan fingerprint density at radius 2 is 1.90 bits per heavy atom. The molecular weight excluding hydrogens is 282 g/mol. The Morgan fingerprint density at radius 1 is 1.19 bits per heavy atom. The van der Waals surface area contributed by atoms with E-state index in [-0.39, 0.29) is 12.1 Å². The summed E-state index contributed by atoms with van der Waals surface area (Å²) in [4.78, 5) is 6.64. The molecule has 1 aromatic heterocycles. The van der Waals surface area contributed by atoms with Crippen molar-refractivity contribution in [2.24, 2.45) is 5.73 Å². The van der Waals surface area contributed by atoms with E-state index < -0.39 is 0 Å². The Labute approximate surface area is 131 Å². The highest BCUT2D eigenvalue weighted by Crippen LogP contribution is 2.26. The second kappa shape index (κ2) is 7.55. The molecule has 0 bridgehead atoms. The Kier molecular flexibility index (Phi) is 5.74. The number of pyridine rings is 1. The summed E-state index contributed by atoms with van der Waals surface area (Å²) in [6.45, 7) is 2.88. The lowest BCUT2D eigenvalue weighted by molar-refractivity contribution is 0.199. The van der Waals surface area contributed by atoms with Gasteiger partial charge in [0, 0.05) is 29.8 Å². The van der Waals surface area contributed by atoms with Crippen LogP contribution in [0.2, 0.25) is 5.02 Å². The minimum atomic E-state index is 0.0693. The molecule has 0 fully saturated rings. The first-order chi connectivity index (χ1) is 10.1. The van der Waals surface area contributed by atoms with Gasteiger partial charge in [-0.05, 0) is 43.3 Å². The zero-order chi connectivity index (χ0) is 15.2. The van der Waals surface area contributed by atoms with E-state index in [1.807, 2.05) is 36.5 Å². The van der Waals surface area contributed by atoms with Gasteiger partial charge in [-0.15, -0.1) is 0 Å². The lowest BCUT2D eigenvalue weighted by Gasteiger charge is -2.32. The minimum absolute atomic E-state index is 0.0693. The van der Waals surface area contributed by atoms with Crippen molar-refractivity contribution in [3.8, 4) is 0 Å². The second-order valence-corrected chi connectivity index (χ2v) is 5.74. The van der Waals surface area contributed by atoms with E-state index in [1.54, 1.807) is 0 Å². The van der Waals surface area contributed by atoms with Crippen LogP contribution in [0, 0.1) is 0 Å². The van der Waals surface area contributed by atoms with Crippen molar-refractivity contribution in [1.82, 2.24) is 9.88 Å². The largest absolute Gasteiger partial charge is 0.326 e. The van der Waals surface area contributed by atoms with Gasteiger partial charge in [0.25, 0.3) is 0 Å². The van der Waals surface area contributed by atoms with Crippen LogP contribution in [0.1, 0.15) is 30.6 Å². The van der Waals surface area contributed by atoms with E-state index in [9.17, 15) is 0 Å². The molecular formula is C17H22ClN3. The Balaban J connectivity index is 2.21. The molecule has 0 aliphatic carbocycles. The summed E-state index contributed by atoms with van der Waals surface area (Å²) in [6.07, 6.45) is 2.74. The van der Waals surface area contributed by atoms with Crippen LogP contribution in [-0.4, -0.2) is 23.0 Å². The van der Waals surface area contributed by atoms with Crippen molar-refractivity contribution in [1.29, 1.82) is 0 Å². The highest BCUT2D eigenvalue weighted by atomic mass is 35.5. The smallest absolute Gasteiger partial charge is 0.0544 e. The molecule has 2 atom stereocenters. The fourth-order valence-electron chi connectivity index (χ4n) is 2.56. The van der Waals surface area contributed by atoms with Crippen LogP contribution in [0.3, 0.4) is 0 Å². The van der Waals surface area contributed by atoms with Gasteiger partial charge in [0.1, 0.15) is 0 Å². The van der Waals surface area contributed by atoms with E-state index in [2.05, 4.69) is 36.0 Å². The number of rotatable bonds is 6. The lowest BCUT2D eigenvalue weighted by Crippen LogP contribution is -2.38. The predicted molar refractivity (Wildman–Crippen MR) is 88.2 cm³/mol. The molecule has 0 aliphatic heterocycles. The second-order valence-electron chi connectivity index (χ2n) is 5.30. The third-order valence-corrected chi connectivity index (χ3v) is 3.95. The molecule has 0 radical (unpaired) electrons. The van der Waals surface area contributed by atoms with Gasteiger partial charge in [-0.1, -0.05) is 36.7 Å². The van der Waals surface area contributed by atoms with E-state index >= 15 is 0 Å². The summed E-state index contributed by atoms with van der Waals surface area (Å²) in [5.74, 6) is 0. The third-order valence-electron chi connectivity index (χ3n) is 3.70. The topological polar surface area (TPSA) is 42.1 Å². The summed E-state index contributed by atoms with van der Waals surface area (Å²) >= 11 is 5.98. The molecule has 0 amide bonds. The van der Waals surface area contributed by atoms with Crippen LogP contribution in [0.15, 0.2) is 48.7 Å². The molecule has 112 valence electrons. The first-order valence-corrected chi connectivity index (χ1v) is 7.60. The van der Waals surface area contributed by atoms with Gasteiger partial charge >= 0.3 is 0 Å². The van der Waals surface area contributed by atoms with Crippen LogP contribution >= 0.6 is 11.6 Å². The molecule has 2 unspecified atom stereocenters. The SMILES string of the molecule is CCC(N)C(c1ccc(Cl)cc1)N(C)Cc1ccccn1. The standard InChI is InChI=1S/C17H22ClN3/c1-3-16(19)17(13-7-9-14(18)10-8-13)21(2)12-15-6-4-5-11-20-15/h4-11,16-17H,3,12,19H2,1-2H3. The zero-order valence-corrected chi connectivity index (χ0v) is 13.3. The van der Waals surface area contributed by atoms with E-state index in [0.29, 0.717) is 0 Å². The fourth-order valence-corrected chi connectivity index (χ4v) is 2.68. The third kappa shape index (κ3) is 4.27. The first kappa shape index (κ1) is 16.0. The number of likely N-dealkylation sites (N-methyl/N-ethyl adjacent to an activating group) is 1. The molecule has 0 saturated carbocycles. The van der Waals surface area contributed by atoms with Gasteiger partial charge in [-0.3, -0.25) is 9.88 Å². The number of nitrogens with two attached hydrogens (primary N) is 1. The minimum Gasteiger partial charge on any atom is -0.326 e. The van der Waals surface area contributed by atoms with Gasteiger partial charge in [0.15, 0.2) is 0 Å². The van der Waals surface area contributed by atoms with Crippen LogP contribution in [0.25, 0.3) is 0 Å². The van der Waals surface area contributed by atoms with Crippen LogP contribution < -0.4 is 5.73 Å². The molecule has 2 aromatic rings. The number of halogens is 1. The van der Waals surface area contributed by atoms with Crippen LogP contribution in [0.4, 0.5) is 0 Å². The molecule has 3 nitrogen and oxygen atoms in total. The quantitative estimate of drug-likeness (QED) is 0.886. The molecule has 2 N–H and O–H groups in total. The maximum absolute atomic E-state index is 6.35. The van der Waals surface area contributed by atoms with E-state index in [1.165, 1.54) is 5.56 Å². The number of benzene rings is 1. The van der Waals surface area contributed by atoms with Gasteiger partial charge in [0.2, 0.25) is 0 Å². The molecule has 1 heterocycles. The highest BCUT2D eigenvalue weighted by molar-refractivity contribution is 6.30. The maximum atomic E-state index is 6.35. The van der Waals surface area contributed by atoms with Gasteiger partial charge in [-0.2, -0.15) is 0 Å². The molecule has 4 heteroatoms. The molecule has 0 saturated heterocycles. The van der Waals surface area contributed by atoms with Crippen molar-refractivity contribution in [3.63, 3.8) is 0 Å². The van der Waals surface area contributed by atoms with Gasteiger partial charge in [-0.25, -0.2) is 0 Å².